The number of ether oxygens (including phenoxy) is 1. The van der Waals surface area contributed by atoms with Gasteiger partial charge in [-0.3, -0.25) is 0 Å². The van der Waals surface area contributed by atoms with E-state index in [-0.39, 0.29) is 11.1 Å². The number of hydrogen-bond acceptors (Lipinski definition) is 1. The van der Waals surface area contributed by atoms with Crippen LogP contribution in [-0.2, 0) is 12.5 Å². The predicted octanol–water partition coefficient (Wildman–Crippen LogP) is 10.1. The lowest BCUT2D eigenvalue weighted by molar-refractivity contribution is -0.189. The molecule has 0 heterocycles. The number of hydrogen-bond donors (Lipinski definition) is 0. The van der Waals surface area contributed by atoms with Gasteiger partial charge in [-0.2, -0.15) is 8.78 Å². The Hall–Kier alpha value is -3.74. The van der Waals surface area contributed by atoms with Crippen LogP contribution in [0.4, 0.5) is 35.1 Å². The van der Waals surface area contributed by atoms with Crippen molar-refractivity contribution in [2.45, 2.75) is 25.1 Å². The fourth-order valence-corrected chi connectivity index (χ4v) is 4.58. The van der Waals surface area contributed by atoms with E-state index in [1.807, 2.05) is 0 Å². The molecule has 1 nitrogen and oxygen atoms in total. The Kier molecular flexibility index (Phi) is 9.39. The molecule has 0 spiro atoms. The van der Waals surface area contributed by atoms with Crippen molar-refractivity contribution < 1.29 is 39.9 Å². The topological polar surface area (TPSA) is 9.23 Å². The summed E-state index contributed by atoms with van der Waals surface area (Å²) < 4.78 is 121. The minimum Gasteiger partial charge on any atom is -0.429 e. The highest BCUT2D eigenvalue weighted by atomic mass is 35.5. The van der Waals surface area contributed by atoms with E-state index in [0.29, 0.717) is 42.7 Å². The summed E-state index contributed by atoms with van der Waals surface area (Å²) in [5.41, 5.74) is -1.72. The molecule has 0 amide bonds. The first-order valence-corrected chi connectivity index (χ1v) is 12.9. The molecule has 0 fully saturated rings. The standard InChI is InChI=1S/C31H18Cl2F8O/c1-2-3-4-16-5-7-20(24(34)9-16)18-12-25(35)21(26(36)13-18)8-6-17-10-27(37)29(28(38)11-17)31(40,41)42-19-14-22(32)30(39)23(33)15-19/h2,5,7,9-15,21,25H,1,3-4H2. The van der Waals surface area contributed by atoms with Crippen molar-refractivity contribution in [2.75, 3.05) is 0 Å². The van der Waals surface area contributed by atoms with Crippen LogP contribution in [0.2, 0.25) is 10.0 Å². The molecule has 1 aliphatic rings. The number of rotatable bonds is 7. The molecule has 0 saturated carbocycles. The van der Waals surface area contributed by atoms with Crippen molar-refractivity contribution in [3.05, 3.63) is 129 Å². The Morgan fingerprint density at radius 2 is 1.57 bits per heavy atom. The molecule has 3 aromatic rings. The van der Waals surface area contributed by atoms with E-state index in [9.17, 15) is 35.1 Å². The Labute approximate surface area is 245 Å². The average molecular weight is 629 g/mol. The van der Waals surface area contributed by atoms with Crippen LogP contribution in [0.15, 0.2) is 73.1 Å². The van der Waals surface area contributed by atoms with Gasteiger partial charge in [0.15, 0.2) is 5.82 Å². The maximum absolute atomic E-state index is 14.9. The second-order valence-electron chi connectivity index (χ2n) is 9.12. The van der Waals surface area contributed by atoms with Crippen molar-refractivity contribution in [2.24, 2.45) is 5.92 Å². The molecule has 218 valence electrons. The first-order chi connectivity index (χ1) is 19.8. The largest absolute Gasteiger partial charge is 0.432 e. The van der Waals surface area contributed by atoms with Gasteiger partial charge in [-0.05, 0) is 54.3 Å². The molecular formula is C31H18Cl2F8O. The first kappa shape index (κ1) is 31.2. The number of halogens is 10. The van der Waals surface area contributed by atoms with E-state index in [1.165, 1.54) is 12.1 Å². The van der Waals surface area contributed by atoms with E-state index >= 15 is 0 Å². The van der Waals surface area contributed by atoms with Crippen molar-refractivity contribution in [3.8, 4) is 17.6 Å². The molecule has 0 aliphatic heterocycles. The molecule has 0 bridgehead atoms. The van der Waals surface area contributed by atoms with Gasteiger partial charge < -0.3 is 4.74 Å². The van der Waals surface area contributed by atoms with Gasteiger partial charge in [0.05, 0.1) is 10.0 Å². The van der Waals surface area contributed by atoms with Crippen LogP contribution in [0, 0.1) is 41.0 Å². The summed E-state index contributed by atoms with van der Waals surface area (Å²) in [4.78, 5) is 0. The fraction of sp³-hybridized carbons (Fsp3) is 0.161. The highest BCUT2D eigenvalue weighted by molar-refractivity contribution is 6.35. The average Bonchev–Trinajstić information content (AvgIpc) is 2.89. The number of aryl methyl sites for hydroxylation is 1. The number of alkyl halides is 3. The molecule has 11 heteroatoms. The van der Waals surface area contributed by atoms with E-state index in [1.54, 1.807) is 12.1 Å². The normalized spacial score (nSPS) is 16.7. The third-order valence-corrected chi connectivity index (χ3v) is 6.69. The third-order valence-electron chi connectivity index (χ3n) is 6.14. The van der Waals surface area contributed by atoms with E-state index in [4.69, 9.17) is 23.2 Å². The lowest BCUT2D eigenvalue weighted by Gasteiger charge is -2.20. The summed E-state index contributed by atoms with van der Waals surface area (Å²) in [7, 11) is 0. The minimum absolute atomic E-state index is 0.0328. The van der Waals surface area contributed by atoms with Crippen molar-refractivity contribution in [3.63, 3.8) is 0 Å². The lowest BCUT2D eigenvalue weighted by atomic mass is 9.90. The van der Waals surface area contributed by atoms with Crippen LogP contribution < -0.4 is 4.74 Å². The molecule has 0 saturated heterocycles. The molecule has 0 N–H and O–H groups in total. The first-order valence-electron chi connectivity index (χ1n) is 12.2. The zero-order valence-electron chi connectivity index (χ0n) is 21.2. The van der Waals surface area contributed by atoms with Crippen molar-refractivity contribution in [1.82, 2.24) is 0 Å². The minimum atomic E-state index is -4.60. The summed E-state index contributed by atoms with van der Waals surface area (Å²) in [6.45, 7) is 3.60. The van der Waals surface area contributed by atoms with E-state index in [2.05, 4.69) is 23.2 Å². The van der Waals surface area contributed by atoms with Crippen LogP contribution >= 0.6 is 23.2 Å². The molecule has 0 aromatic heterocycles. The lowest BCUT2D eigenvalue weighted by Crippen LogP contribution is -2.25. The van der Waals surface area contributed by atoms with Crippen LogP contribution in [-0.4, -0.2) is 6.17 Å². The quantitative estimate of drug-likeness (QED) is 0.109. The second-order valence-corrected chi connectivity index (χ2v) is 9.93. The number of benzene rings is 3. The van der Waals surface area contributed by atoms with E-state index in [0.717, 1.165) is 12.2 Å². The van der Waals surface area contributed by atoms with Gasteiger partial charge in [-0.25, -0.2) is 26.3 Å². The van der Waals surface area contributed by atoms with Gasteiger partial charge in [0.1, 0.15) is 46.7 Å². The van der Waals surface area contributed by atoms with Gasteiger partial charge >= 0.3 is 6.11 Å². The molecule has 2 atom stereocenters. The number of allylic oxidation sites excluding steroid dienone is 5. The van der Waals surface area contributed by atoms with Crippen molar-refractivity contribution in [1.29, 1.82) is 0 Å². The highest BCUT2D eigenvalue weighted by Crippen LogP contribution is 2.38. The van der Waals surface area contributed by atoms with Gasteiger partial charge in [-0.1, -0.05) is 53.3 Å². The fourth-order valence-electron chi connectivity index (χ4n) is 4.11. The molecule has 2 unspecified atom stereocenters. The third kappa shape index (κ3) is 6.83. The molecule has 42 heavy (non-hydrogen) atoms. The Balaban J connectivity index is 1.55. The Bertz CT molecular complexity index is 1620. The van der Waals surface area contributed by atoms with Crippen LogP contribution in [0.1, 0.15) is 28.7 Å². The zero-order chi connectivity index (χ0) is 30.8. The highest BCUT2D eigenvalue weighted by Gasteiger charge is 2.41. The maximum Gasteiger partial charge on any atom is 0.432 e. The summed E-state index contributed by atoms with van der Waals surface area (Å²) in [6.07, 6.45) is -1.97. The monoisotopic (exact) mass is 628 g/mol. The summed E-state index contributed by atoms with van der Waals surface area (Å²) in [5, 5.41) is -1.33. The van der Waals surface area contributed by atoms with Crippen LogP contribution in [0.3, 0.4) is 0 Å². The van der Waals surface area contributed by atoms with Crippen LogP contribution in [0.25, 0.3) is 5.57 Å². The van der Waals surface area contributed by atoms with E-state index < -0.39 is 74.2 Å². The maximum atomic E-state index is 14.9. The van der Waals surface area contributed by atoms with Gasteiger partial charge in [0, 0.05) is 23.3 Å². The Morgan fingerprint density at radius 3 is 2.14 bits per heavy atom. The SMILES string of the molecule is C=CCCc1ccc(C2=CC(F)C(C#Cc3cc(F)c(C(F)(F)Oc4cc(Cl)c(F)c(Cl)c4)c(F)c3)C(F)=C2)c(F)c1. The second kappa shape index (κ2) is 12.6. The summed E-state index contributed by atoms with van der Waals surface area (Å²) in [6, 6.07) is 6.41. The molecule has 4 rings (SSSR count). The summed E-state index contributed by atoms with van der Waals surface area (Å²) in [5.74, 6) is -4.54. The van der Waals surface area contributed by atoms with Crippen LogP contribution in [0.5, 0.6) is 5.75 Å². The Morgan fingerprint density at radius 1 is 0.929 bits per heavy atom. The molecule has 1 aliphatic carbocycles. The van der Waals surface area contributed by atoms with Gasteiger partial charge in [-0.15, -0.1) is 6.58 Å². The molecule has 0 radical (unpaired) electrons. The molecular weight excluding hydrogens is 611 g/mol. The van der Waals surface area contributed by atoms with Crippen molar-refractivity contribution >= 4 is 28.8 Å². The molecule has 3 aromatic carbocycles. The van der Waals surface area contributed by atoms with Gasteiger partial charge in [0.2, 0.25) is 0 Å². The zero-order valence-corrected chi connectivity index (χ0v) is 22.7. The summed E-state index contributed by atoms with van der Waals surface area (Å²) >= 11 is 11.1. The van der Waals surface area contributed by atoms with Gasteiger partial charge in [0.25, 0.3) is 0 Å². The smallest absolute Gasteiger partial charge is 0.429 e. The predicted molar refractivity (Wildman–Crippen MR) is 145 cm³/mol.